The van der Waals surface area contributed by atoms with E-state index in [9.17, 15) is 0 Å². The molecule has 8 aromatic carbocycles. The molecule has 1 spiro atoms. The minimum atomic E-state index is -0.709. The van der Waals surface area contributed by atoms with Crippen LogP contribution in [0, 0.1) is 0 Å². The molecular formula is C57H34N4O. The quantitative estimate of drug-likeness (QED) is 0.178. The van der Waals surface area contributed by atoms with E-state index in [2.05, 4.69) is 140 Å². The molecule has 0 N–H and O–H groups in total. The SMILES string of the molecule is c1ccc(-c2ncc(-c3cc(-c4ccc5c(c4)C4(c6ccccc6-c6ccccc6-5)c5ccccc5-c5cc6c(cc54)oc4ccccc46)nc(-c4ccccc4)n3)cn2)cc1. The second-order valence-corrected chi connectivity index (χ2v) is 16.1. The Bertz CT molecular complexity index is 3580. The van der Waals surface area contributed by atoms with E-state index in [-0.39, 0.29) is 0 Å². The Morgan fingerprint density at radius 1 is 0.323 bits per heavy atom. The van der Waals surface area contributed by atoms with E-state index < -0.39 is 5.41 Å². The van der Waals surface area contributed by atoms with Crippen LogP contribution < -0.4 is 0 Å². The molecule has 288 valence electrons. The molecule has 0 saturated heterocycles. The van der Waals surface area contributed by atoms with Crippen molar-refractivity contribution in [1.29, 1.82) is 0 Å². The fourth-order valence-electron chi connectivity index (χ4n) is 10.1. The summed E-state index contributed by atoms with van der Waals surface area (Å²) in [6.07, 6.45) is 3.72. The predicted octanol–water partition coefficient (Wildman–Crippen LogP) is 13.8. The van der Waals surface area contributed by atoms with Gasteiger partial charge in [-0.15, -0.1) is 0 Å². The Labute approximate surface area is 357 Å². The maximum absolute atomic E-state index is 6.69. The van der Waals surface area contributed by atoms with E-state index in [1.807, 2.05) is 67.0 Å². The first-order valence-electron chi connectivity index (χ1n) is 20.9. The topological polar surface area (TPSA) is 64.7 Å². The molecule has 1 unspecified atom stereocenters. The first-order valence-corrected chi connectivity index (χ1v) is 20.9. The minimum absolute atomic E-state index is 0.634. The Hall–Kier alpha value is -8.28. The molecule has 0 aliphatic heterocycles. The fourth-order valence-corrected chi connectivity index (χ4v) is 10.1. The first-order chi connectivity index (χ1) is 30.7. The Kier molecular flexibility index (Phi) is 7.45. The minimum Gasteiger partial charge on any atom is -0.456 e. The van der Waals surface area contributed by atoms with Gasteiger partial charge in [0.1, 0.15) is 11.2 Å². The Morgan fingerprint density at radius 2 is 0.855 bits per heavy atom. The van der Waals surface area contributed by atoms with Crippen molar-refractivity contribution >= 4 is 21.9 Å². The molecule has 13 rings (SSSR count). The second kappa shape index (κ2) is 13.4. The predicted molar refractivity (Wildman–Crippen MR) is 248 cm³/mol. The number of aromatic nitrogens is 4. The van der Waals surface area contributed by atoms with Crippen molar-refractivity contribution in [1.82, 2.24) is 19.9 Å². The van der Waals surface area contributed by atoms with Crippen molar-refractivity contribution in [2.24, 2.45) is 0 Å². The van der Waals surface area contributed by atoms with Crippen molar-refractivity contribution in [2.45, 2.75) is 5.41 Å². The highest BCUT2D eigenvalue weighted by atomic mass is 16.3. The summed E-state index contributed by atoms with van der Waals surface area (Å²) in [6.45, 7) is 0. The average Bonchev–Trinajstić information content (AvgIpc) is 3.82. The molecule has 2 aliphatic rings. The van der Waals surface area contributed by atoms with Crippen LogP contribution in [0.3, 0.4) is 0 Å². The number of hydrogen-bond donors (Lipinski definition) is 0. The van der Waals surface area contributed by atoms with Crippen molar-refractivity contribution in [3.63, 3.8) is 0 Å². The summed E-state index contributed by atoms with van der Waals surface area (Å²) in [7, 11) is 0. The Balaban J connectivity index is 1.10. The van der Waals surface area contributed by atoms with Gasteiger partial charge in [-0.3, -0.25) is 0 Å². The van der Waals surface area contributed by atoms with Crippen LogP contribution in [-0.4, -0.2) is 19.9 Å². The normalized spacial score (nSPS) is 14.5. The largest absolute Gasteiger partial charge is 0.456 e. The van der Waals surface area contributed by atoms with Crippen molar-refractivity contribution < 1.29 is 4.42 Å². The number of fused-ring (bicyclic) bond motifs is 15. The third-order valence-corrected chi connectivity index (χ3v) is 12.8. The molecule has 0 bridgehead atoms. The molecule has 3 aromatic heterocycles. The zero-order valence-electron chi connectivity index (χ0n) is 33.3. The summed E-state index contributed by atoms with van der Waals surface area (Å²) in [4.78, 5) is 20.0. The van der Waals surface area contributed by atoms with Crippen molar-refractivity contribution in [3.8, 4) is 78.7 Å². The lowest BCUT2D eigenvalue weighted by molar-refractivity contribution is 0.666. The summed E-state index contributed by atoms with van der Waals surface area (Å²) in [5.74, 6) is 1.30. The van der Waals surface area contributed by atoms with Gasteiger partial charge in [-0.1, -0.05) is 164 Å². The van der Waals surface area contributed by atoms with Crippen LogP contribution in [0.5, 0.6) is 0 Å². The van der Waals surface area contributed by atoms with Crippen molar-refractivity contribution in [2.75, 3.05) is 0 Å². The molecule has 11 aromatic rings. The number of furan rings is 1. The van der Waals surface area contributed by atoms with E-state index in [1.54, 1.807) is 0 Å². The highest BCUT2D eigenvalue weighted by Crippen LogP contribution is 2.62. The molecule has 0 saturated carbocycles. The lowest BCUT2D eigenvalue weighted by atomic mass is 9.65. The van der Waals surface area contributed by atoms with Gasteiger partial charge in [0.2, 0.25) is 0 Å². The van der Waals surface area contributed by atoms with Gasteiger partial charge in [0.15, 0.2) is 11.6 Å². The standard InChI is InChI=1S/C57H34N4O/c1-3-15-35(16-4-1)55-58-33-38(34-59-55)52-32-51(60-56(61-52)36-17-5-2-6-18-36)37-27-28-43-40-20-8-7-19-39(40)41-21-9-12-24-47(41)57(49(43)29-37)48-25-13-10-22-42(48)45-30-46-44-23-11-14-26-53(44)62-54(46)31-50(45)57/h1-34H. The van der Waals surface area contributed by atoms with Crippen LogP contribution >= 0.6 is 0 Å². The van der Waals surface area contributed by atoms with Crippen LogP contribution in [0.2, 0.25) is 0 Å². The van der Waals surface area contributed by atoms with E-state index in [1.165, 1.54) is 55.6 Å². The van der Waals surface area contributed by atoms with Gasteiger partial charge in [0, 0.05) is 45.4 Å². The van der Waals surface area contributed by atoms with Crippen LogP contribution in [0.4, 0.5) is 0 Å². The van der Waals surface area contributed by atoms with E-state index in [4.69, 9.17) is 24.4 Å². The summed E-state index contributed by atoms with van der Waals surface area (Å²) < 4.78 is 6.69. The number of rotatable bonds is 4. The van der Waals surface area contributed by atoms with E-state index >= 15 is 0 Å². The van der Waals surface area contributed by atoms with Gasteiger partial charge in [-0.2, -0.15) is 0 Å². The monoisotopic (exact) mass is 790 g/mol. The van der Waals surface area contributed by atoms with Gasteiger partial charge >= 0.3 is 0 Å². The highest BCUT2D eigenvalue weighted by molar-refractivity contribution is 6.09. The van der Waals surface area contributed by atoms with Crippen LogP contribution in [0.1, 0.15) is 22.3 Å². The molecule has 62 heavy (non-hydrogen) atoms. The molecule has 0 fully saturated rings. The fraction of sp³-hybridized carbons (Fsp3) is 0.0175. The van der Waals surface area contributed by atoms with Crippen LogP contribution in [0.15, 0.2) is 211 Å². The smallest absolute Gasteiger partial charge is 0.160 e. The van der Waals surface area contributed by atoms with Gasteiger partial charge in [0.25, 0.3) is 0 Å². The number of nitrogens with zero attached hydrogens (tertiary/aromatic N) is 4. The maximum Gasteiger partial charge on any atom is 0.160 e. The summed E-state index contributed by atoms with van der Waals surface area (Å²) in [5, 5.41) is 2.24. The summed E-state index contributed by atoms with van der Waals surface area (Å²) in [6, 6.07) is 69.0. The zero-order chi connectivity index (χ0) is 40.8. The molecule has 5 nitrogen and oxygen atoms in total. The van der Waals surface area contributed by atoms with Gasteiger partial charge < -0.3 is 4.42 Å². The third-order valence-electron chi connectivity index (χ3n) is 12.8. The lowest BCUT2D eigenvalue weighted by Gasteiger charge is -2.35. The van der Waals surface area contributed by atoms with Gasteiger partial charge in [-0.05, 0) is 86.0 Å². The average molecular weight is 791 g/mol. The highest BCUT2D eigenvalue weighted by Gasteiger charge is 2.50. The molecule has 5 heteroatoms. The third kappa shape index (κ3) is 5.02. The van der Waals surface area contributed by atoms with Crippen LogP contribution in [0.25, 0.3) is 101 Å². The zero-order valence-corrected chi connectivity index (χ0v) is 33.3. The van der Waals surface area contributed by atoms with E-state index in [0.717, 1.165) is 55.6 Å². The van der Waals surface area contributed by atoms with Gasteiger partial charge in [-0.25, -0.2) is 19.9 Å². The molecule has 0 radical (unpaired) electrons. The van der Waals surface area contributed by atoms with Crippen molar-refractivity contribution in [3.05, 3.63) is 229 Å². The molecular weight excluding hydrogens is 757 g/mol. The summed E-state index contributed by atoms with van der Waals surface area (Å²) in [5.41, 5.74) is 18.4. The molecule has 1 atom stereocenters. The molecule has 0 amide bonds. The maximum atomic E-state index is 6.69. The summed E-state index contributed by atoms with van der Waals surface area (Å²) >= 11 is 0. The van der Waals surface area contributed by atoms with Crippen LogP contribution in [-0.2, 0) is 5.41 Å². The Morgan fingerprint density at radius 3 is 1.55 bits per heavy atom. The lowest BCUT2D eigenvalue weighted by Crippen LogP contribution is -2.29. The van der Waals surface area contributed by atoms with E-state index in [0.29, 0.717) is 11.6 Å². The molecule has 2 aliphatic carbocycles. The number of benzene rings is 8. The molecule has 3 heterocycles. The first kappa shape index (κ1) is 34.6. The number of hydrogen-bond acceptors (Lipinski definition) is 5. The van der Waals surface area contributed by atoms with Gasteiger partial charge in [0.05, 0.1) is 16.8 Å². The number of para-hydroxylation sites is 1. The second-order valence-electron chi connectivity index (χ2n) is 16.1.